The van der Waals surface area contributed by atoms with Gasteiger partial charge >= 0.3 is 0 Å². The Morgan fingerprint density at radius 2 is 2.25 bits per heavy atom. The molecule has 124 valence electrons. The van der Waals surface area contributed by atoms with Crippen molar-refractivity contribution in [2.24, 2.45) is 0 Å². The molecular weight excluding hydrogens is 318 g/mol. The monoisotopic (exact) mass is 339 g/mol. The number of thiophene rings is 1. The van der Waals surface area contributed by atoms with Crippen LogP contribution in [-0.4, -0.2) is 12.5 Å². The summed E-state index contributed by atoms with van der Waals surface area (Å²) in [6, 6.07) is 8.58. The van der Waals surface area contributed by atoms with Crippen LogP contribution in [0.5, 0.6) is 0 Å². The molecule has 0 fully saturated rings. The quantitative estimate of drug-likeness (QED) is 0.896. The molecule has 3 rings (SSSR count). The molecule has 0 atom stereocenters. The van der Waals surface area contributed by atoms with Crippen molar-refractivity contribution < 1.29 is 4.79 Å². The molecule has 1 aliphatic heterocycles. The molecular formula is C19H21N3OS. The lowest BCUT2D eigenvalue weighted by molar-refractivity contribution is -0.116. The van der Waals surface area contributed by atoms with E-state index in [2.05, 4.69) is 48.7 Å². The van der Waals surface area contributed by atoms with Gasteiger partial charge in [0.1, 0.15) is 11.1 Å². The zero-order valence-corrected chi connectivity index (χ0v) is 14.8. The molecule has 0 bridgehead atoms. The lowest BCUT2D eigenvalue weighted by Gasteiger charge is -2.11. The molecule has 24 heavy (non-hydrogen) atoms. The number of hydrogen-bond donors (Lipinski definition) is 2. The van der Waals surface area contributed by atoms with Crippen molar-refractivity contribution in [1.82, 2.24) is 5.32 Å². The van der Waals surface area contributed by atoms with Gasteiger partial charge in [-0.05, 0) is 49.9 Å². The highest BCUT2D eigenvalue weighted by atomic mass is 32.1. The Kier molecular flexibility index (Phi) is 4.98. The van der Waals surface area contributed by atoms with Crippen molar-refractivity contribution in [2.45, 2.75) is 39.7 Å². The van der Waals surface area contributed by atoms with Gasteiger partial charge in [-0.25, -0.2) is 0 Å². The third-order valence-electron chi connectivity index (χ3n) is 4.42. The number of rotatable bonds is 4. The zero-order valence-electron chi connectivity index (χ0n) is 14.0. The topological polar surface area (TPSA) is 64.9 Å². The van der Waals surface area contributed by atoms with E-state index < -0.39 is 0 Å². The number of hydrogen-bond acceptors (Lipinski definition) is 4. The summed E-state index contributed by atoms with van der Waals surface area (Å²) >= 11 is 1.53. The molecule has 4 nitrogen and oxygen atoms in total. The summed E-state index contributed by atoms with van der Waals surface area (Å²) in [5.41, 5.74) is 5.38. The fourth-order valence-corrected chi connectivity index (χ4v) is 4.23. The van der Waals surface area contributed by atoms with Gasteiger partial charge in [0.25, 0.3) is 0 Å². The van der Waals surface area contributed by atoms with E-state index in [4.69, 9.17) is 0 Å². The number of carbonyl (C=O) groups is 1. The van der Waals surface area contributed by atoms with Crippen molar-refractivity contribution in [3.8, 4) is 6.07 Å². The highest BCUT2D eigenvalue weighted by molar-refractivity contribution is 7.16. The van der Waals surface area contributed by atoms with E-state index in [1.807, 2.05) is 0 Å². The fraction of sp³-hybridized carbons (Fsp3) is 0.368. The SMILES string of the molecule is Cc1ccc(C)c(CCC(=O)Nc2sc3c(c2C#N)CCNC3)c1. The van der Waals surface area contributed by atoms with Gasteiger partial charge in [-0.15, -0.1) is 11.3 Å². The molecule has 1 aromatic heterocycles. The highest BCUT2D eigenvalue weighted by Gasteiger charge is 2.21. The van der Waals surface area contributed by atoms with E-state index in [9.17, 15) is 10.1 Å². The van der Waals surface area contributed by atoms with Gasteiger partial charge in [0, 0.05) is 17.8 Å². The highest BCUT2D eigenvalue weighted by Crippen LogP contribution is 2.34. The second kappa shape index (κ2) is 7.16. The van der Waals surface area contributed by atoms with Crippen molar-refractivity contribution in [3.63, 3.8) is 0 Å². The molecule has 0 unspecified atom stereocenters. The maximum absolute atomic E-state index is 12.3. The molecule has 2 heterocycles. The van der Waals surface area contributed by atoms with Crippen LogP contribution in [0.4, 0.5) is 5.00 Å². The van der Waals surface area contributed by atoms with Gasteiger partial charge in [0.05, 0.1) is 5.56 Å². The summed E-state index contributed by atoms with van der Waals surface area (Å²) < 4.78 is 0. The molecule has 1 aliphatic rings. The van der Waals surface area contributed by atoms with Crippen molar-refractivity contribution >= 4 is 22.2 Å². The second-order valence-electron chi connectivity index (χ2n) is 6.22. The van der Waals surface area contributed by atoms with Crippen LogP contribution in [0.25, 0.3) is 0 Å². The fourth-order valence-electron chi connectivity index (χ4n) is 3.05. The second-order valence-corrected chi connectivity index (χ2v) is 7.33. The van der Waals surface area contributed by atoms with Gasteiger partial charge in [0.15, 0.2) is 0 Å². The van der Waals surface area contributed by atoms with Crippen molar-refractivity contribution in [1.29, 1.82) is 5.26 Å². The first-order valence-corrected chi connectivity index (χ1v) is 9.01. The zero-order chi connectivity index (χ0) is 17.1. The average molecular weight is 339 g/mol. The van der Waals surface area contributed by atoms with Crippen LogP contribution in [0.3, 0.4) is 0 Å². The van der Waals surface area contributed by atoms with Crippen molar-refractivity contribution in [2.75, 3.05) is 11.9 Å². The summed E-state index contributed by atoms with van der Waals surface area (Å²) in [7, 11) is 0. The van der Waals surface area contributed by atoms with E-state index >= 15 is 0 Å². The number of anilines is 1. The summed E-state index contributed by atoms with van der Waals surface area (Å²) in [6.07, 6.45) is 2.00. The van der Waals surface area contributed by atoms with E-state index in [0.29, 0.717) is 23.4 Å². The van der Waals surface area contributed by atoms with Crippen molar-refractivity contribution in [3.05, 3.63) is 50.9 Å². The van der Waals surface area contributed by atoms with E-state index in [0.717, 1.165) is 25.1 Å². The Morgan fingerprint density at radius 3 is 3.04 bits per heavy atom. The van der Waals surface area contributed by atoms with Gasteiger partial charge < -0.3 is 10.6 Å². The molecule has 0 aliphatic carbocycles. The maximum Gasteiger partial charge on any atom is 0.225 e. The Bertz CT molecular complexity index is 817. The van der Waals surface area contributed by atoms with Gasteiger partial charge in [-0.2, -0.15) is 5.26 Å². The summed E-state index contributed by atoms with van der Waals surface area (Å²) in [4.78, 5) is 13.5. The minimum absolute atomic E-state index is 0.0287. The molecule has 1 amide bonds. The molecule has 5 heteroatoms. The lowest BCUT2D eigenvalue weighted by atomic mass is 10.0. The number of benzene rings is 1. The first-order chi connectivity index (χ1) is 11.6. The largest absolute Gasteiger partial charge is 0.317 e. The van der Waals surface area contributed by atoms with Crippen LogP contribution in [0, 0.1) is 25.2 Å². The van der Waals surface area contributed by atoms with Crippen LogP contribution < -0.4 is 10.6 Å². The van der Waals surface area contributed by atoms with Crippen LogP contribution in [0.2, 0.25) is 0 Å². The third kappa shape index (κ3) is 3.50. The Labute approximate surface area is 146 Å². The molecule has 0 saturated heterocycles. The number of amides is 1. The predicted molar refractivity (Wildman–Crippen MR) is 97.3 cm³/mol. The smallest absolute Gasteiger partial charge is 0.225 e. The first kappa shape index (κ1) is 16.7. The van der Waals surface area contributed by atoms with E-state index in [1.54, 1.807) is 0 Å². The standard InChI is InChI=1S/C19H21N3OS/c1-12-3-4-13(2)14(9-12)5-6-18(23)22-19-16(10-20)15-7-8-21-11-17(15)24-19/h3-4,9,21H,5-8,11H2,1-2H3,(H,22,23). The number of carbonyl (C=O) groups excluding carboxylic acids is 1. The molecule has 0 saturated carbocycles. The van der Waals surface area contributed by atoms with Gasteiger partial charge in [-0.3, -0.25) is 4.79 Å². The number of nitrogens with zero attached hydrogens (tertiary/aromatic N) is 1. The van der Waals surface area contributed by atoms with E-state index in [1.165, 1.54) is 32.9 Å². The minimum Gasteiger partial charge on any atom is -0.317 e. The molecule has 2 aromatic rings. The number of aryl methyl sites for hydroxylation is 3. The van der Waals surface area contributed by atoms with Crippen LogP contribution >= 0.6 is 11.3 Å². The molecule has 2 N–H and O–H groups in total. The lowest BCUT2D eigenvalue weighted by Crippen LogP contribution is -2.22. The van der Waals surface area contributed by atoms with Gasteiger partial charge in [0.2, 0.25) is 5.91 Å². The third-order valence-corrected chi connectivity index (χ3v) is 5.57. The summed E-state index contributed by atoms with van der Waals surface area (Å²) in [5, 5.41) is 16.4. The molecule has 0 radical (unpaired) electrons. The molecule has 1 aromatic carbocycles. The Balaban J connectivity index is 1.68. The summed E-state index contributed by atoms with van der Waals surface area (Å²) in [5.74, 6) is -0.0287. The normalized spacial score (nSPS) is 13.2. The Morgan fingerprint density at radius 1 is 1.42 bits per heavy atom. The first-order valence-electron chi connectivity index (χ1n) is 8.20. The minimum atomic E-state index is -0.0287. The number of fused-ring (bicyclic) bond motifs is 1. The van der Waals surface area contributed by atoms with Crippen LogP contribution in [0.1, 0.15) is 39.1 Å². The van der Waals surface area contributed by atoms with E-state index in [-0.39, 0.29) is 5.91 Å². The average Bonchev–Trinajstić information content (AvgIpc) is 2.92. The maximum atomic E-state index is 12.3. The predicted octanol–water partition coefficient (Wildman–Crippen LogP) is 3.45. The van der Waals surface area contributed by atoms with Gasteiger partial charge in [-0.1, -0.05) is 23.8 Å². The number of nitrogens with one attached hydrogen (secondary N) is 2. The van der Waals surface area contributed by atoms with Crippen LogP contribution in [-0.2, 0) is 24.2 Å². The van der Waals surface area contributed by atoms with Crippen LogP contribution in [0.15, 0.2) is 18.2 Å². The summed E-state index contributed by atoms with van der Waals surface area (Å²) in [6.45, 7) is 5.80. The molecule has 0 spiro atoms. The number of nitriles is 1. The Hall–Kier alpha value is -2.16.